The van der Waals surface area contributed by atoms with Crippen LogP contribution in [-0.2, 0) is 5.41 Å². The van der Waals surface area contributed by atoms with E-state index in [0.717, 1.165) is 44.6 Å². The number of hydrogen-bond acceptors (Lipinski definition) is 2. The zero-order valence-electron chi connectivity index (χ0n) is 35.2. The van der Waals surface area contributed by atoms with Crippen LogP contribution in [-0.4, -0.2) is 9.97 Å². The number of aromatic nitrogens is 2. The third-order valence-corrected chi connectivity index (χ3v) is 13.3. The first-order valence-electron chi connectivity index (χ1n) is 21.8. The van der Waals surface area contributed by atoms with Gasteiger partial charge in [0.25, 0.3) is 0 Å². The highest BCUT2D eigenvalue weighted by Crippen LogP contribution is 2.53. The first-order chi connectivity index (χ1) is 31.0. The molecule has 2 nitrogen and oxygen atoms in total. The van der Waals surface area contributed by atoms with Crippen molar-refractivity contribution < 1.29 is 0 Å². The van der Waals surface area contributed by atoms with Crippen LogP contribution in [0.4, 0.5) is 0 Å². The van der Waals surface area contributed by atoms with Gasteiger partial charge in [-0.3, -0.25) is 0 Å². The van der Waals surface area contributed by atoms with Gasteiger partial charge in [-0.25, -0.2) is 9.97 Å². The molecule has 0 atom stereocenters. The lowest BCUT2D eigenvalue weighted by Gasteiger charge is -2.22. The summed E-state index contributed by atoms with van der Waals surface area (Å²) in [7, 11) is 0. The third kappa shape index (κ3) is 6.02. The summed E-state index contributed by atoms with van der Waals surface area (Å²) in [5.74, 6) is 0.701. The van der Waals surface area contributed by atoms with Crippen LogP contribution in [0.5, 0.6) is 0 Å². The molecule has 0 amide bonds. The molecular weight excluding hydrogens is 761 g/mol. The average Bonchev–Trinajstić information content (AvgIpc) is 3.59. The van der Waals surface area contributed by atoms with Gasteiger partial charge in [0.2, 0.25) is 0 Å². The highest BCUT2D eigenvalue weighted by Gasteiger charge is 2.36. The van der Waals surface area contributed by atoms with Crippen LogP contribution < -0.4 is 0 Å². The van der Waals surface area contributed by atoms with Gasteiger partial charge in [-0.05, 0) is 100 Å². The Bertz CT molecular complexity index is 3580. The molecular formula is C61H42N2. The van der Waals surface area contributed by atoms with Gasteiger partial charge in [-0.15, -0.1) is 0 Å². The van der Waals surface area contributed by atoms with E-state index in [0.29, 0.717) is 5.82 Å². The van der Waals surface area contributed by atoms with Crippen LogP contribution in [0.15, 0.2) is 218 Å². The molecule has 10 aromatic carbocycles. The molecule has 1 aliphatic rings. The Morgan fingerprint density at radius 3 is 1.48 bits per heavy atom. The maximum absolute atomic E-state index is 5.30. The van der Waals surface area contributed by atoms with E-state index >= 15 is 0 Å². The van der Waals surface area contributed by atoms with Crippen LogP contribution in [0.3, 0.4) is 0 Å². The highest BCUT2D eigenvalue weighted by atomic mass is 14.9. The molecule has 1 aromatic heterocycles. The lowest BCUT2D eigenvalue weighted by molar-refractivity contribution is 0.661. The van der Waals surface area contributed by atoms with Gasteiger partial charge >= 0.3 is 0 Å². The fraction of sp³-hybridized carbons (Fsp3) is 0.0492. The van der Waals surface area contributed by atoms with E-state index in [2.05, 4.69) is 226 Å². The second-order valence-electron chi connectivity index (χ2n) is 17.2. The lowest BCUT2D eigenvalue weighted by atomic mass is 9.81. The van der Waals surface area contributed by atoms with Crippen molar-refractivity contribution >= 4 is 32.3 Å². The van der Waals surface area contributed by atoms with Crippen LogP contribution in [0.1, 0.15) is 25.0 Å². The van der Waals surface area contributed by atoms with E-state index in [1.807, 2.05) is 6.07 Å². The third-order valence-electron chi connectivity index (χ3n) is 13.3. The fourth-order valence-corrected chi connectivity index (χ4v) is 10.2. The minimum absolute atomic E-state index is 0.0739. The Hall–Kier alpha value is -7.94. The number of hydrogen-bond donors (Lipinski definition) is 0. The number of benzene rings is 10. The van der Waals surface area contributed by atoms with E-state index in [4.69, 9.17) is 9.97 Å². The van der Waals surface area contributed by atoms with Gasteiger partial charge in [0.15, 0.2) is 5.82 Å². The molecule has 0 bridgehead atoms. The number of nitrogens with zero attached hydrogens (tertiary/aromatic N) is 2. The van der Waals surface area contributed by atoms with Gasteiger partial charge in [-0.2, -0.15) is 0 Å². The van der Waals surface area contributed by atoms with E-state index < -0.39 is 0 Å². The fourth-order valence-electron chi connectivity index (χ4n) is 10.2. The van der Waals surface area contributed by atoms with Crippen LogP contribution >= 0.6 is 0 Å². The molecule has 12 rings (SSSR count). The van der Waals surface area contributed by atoms with Crippen LogP contribution in [0.2, 0.25) is 0 Å². The van der Waals surface area contributed by atoms with Crippen molar-refractivity contribution in [1.82, 2.24) is 9.97 Å². The van der Waals surface area contributed by atoms with E-state index in [1.54, 1.807) is 0 Å². The Labute approximate surface area is 367 Å². The molecule has 1 heterocycles. The zero-order chi connectivity index (χ0) is 42.1. The molecule has 11 aromatic rings. The van der Waals surface area contributed by atoms with Crippen LogP contribution in [0.25, 0.3) is 111 Å². The first-order valence-corrected chi connectivity index (χ1v) is 21.8. The molecule has 0 unspecified atom stereocenters. The average molecular weight is 803 g/mol. The molecule has 0 spiro atoms. The Morgan fingerprint density at radius 2 is 0.794 bits per heavy atom. The smallest absolute Gasteiger partial charge is 0.160 e. The number of fused-ring (bicyclic) bond motifs is 7. The van der Waals surface area contributed by atoms with Gasteiger partial charge in [0.1, 0.15) is 0 Å². The summed E-state index contributed by atoms with van der Waals surface area (Å²) < 4.78 is 0. The van der Waals surface area contributed by atoms with Crippen molar-refractivity contribution in [1.29, 1.82) is 0 Å². The molecule has 63 heavy (non-hydrogen) atoms. The second-order valence-corrected chi connectivity index (χ2v) is 17.2. The number of rotatable bonds is 6. The van der Waals surface area contributed by atoms with Crippen molar-refractivity contribution in [2.45, 2.75) is 19.3 Å². The minimum Gasteiger partial charge on any atom is -0.228 e. The molecule has 1 aliphatic carbocycles. The second kappa shape index (κ2) is 14.6. The highest BCUT2D eigenvalue weighted by molar-refractivity contribution is 6.12. The quantitative estimate of drug-likeness (QED) is 0.167. The molecule has 296 valence electrons. The Balaban J connectivity index is 1.01. The largest absolute Gasteiger partial charge is 0.228 e. The van der Waals surface area contributed by atoms with Crippen molar-refractivity contribution in [2.24, 2.45) is 0 Å². The molecule has 2 heteroatoms. The molecule has 0 aliphatic heterocycles. The van der Waals surface area contributed by atoms with E-state index in [9.17, 15) is 0 Å². The monoisotopic (exact) mass is 802 g/mol. The summed E-state index contributed by atoms with van der Waals surface area (Å²) in [5, 5.41) is 7.40. The van der Waals surface area contributed by atoms with Gasteiger partial charge in [0, 0.05) is 22.1 Å². The summed E-state index contributed by atoms with van der Waals surface area (Å²) in [4.78, 5) is 10.5. The normalized spacial score (nSPS) is 12.7. The van der Waals surface area contributed by atoms with Gasteiger partial charge < -0.3 is 0 Å². The van der Waals surface area contributed by atoms with Crippen molar-refractivity contribution in [2.75, 3.05) is 0 Å². The molecule has 0 N–H and O–H groups in total. The summed E-state index contributed by atoms with van der Waals surface area (Å²) in [6.45, 7) is 4.73. The van der Waals surface area contributed by atoms with Crippen molar-refractivity contribution in [3.05, 3.63) is 230 Å². The zero-order valence-corrected chi connectivity index (χ0v) is 35.2. The molecule has 0 fully saturated rings. The maximum atomic E-state index is 5.30. The standard InChI is InChI=1S/C61H42N2/c1-61(2)55-35-30-42(37-54(55)59-45-23-10-9-19-40(45)29-36-56(59)61)44-31-32-50(47-25-13-12-24-46(44)47)51-33-34-53(49-27-15-14-26-48(49)51)58-38-57(62-60(63-58)41-20-7-4-8-21-41)52-28-16-11-22-43(52)39-17-5-3-6-18-39/h3-38H,1-2H3. The van der Waals surface area contributed by atoms with Crippen molar-refractivity contribution in [3.63, 3.8) is 0 Å². The maximum Gasteiger partial charge on any atom is 0.160 e. The van der Waals surface area contributed by atoms with Gasteiger partial charge in [0.05, 0.1) is 11.4 Å². The lowest BCUT2D eigenvalue weighted by Crippen LogP contribution is -2.14. The first kappa shape index (κ1) is 36.9. The molecule has 0 radical (unpaired) electrons. The Kier molecular flexibility index (Phi) is 8.55. The minimum atomic E-state index is -0.0739. The summed E-state index contributed by atoms with van der Waals surface area (Å²) in [6.07, 6.45) is 0. The predicted octanol–water partition coefficient (Wildman–Crippen LogP) is 16.2. The van der Waals surface area contributed by atoms with Crippen molar-refractivity contribution in [3.8, 4) is 78.4 Å². The predicted molar refractivity (Wildman–Crippen MR) is 265 cm³/mol. The van der Waals surface area contributed by atoms with E-state index in [1.165, 1.54) is 71.4 Å². The summed E-state index contributed by atoms with van der Waals surface area (Å²) in [5.41, 5.74) is 17.5. The Morgan fingerprint density at radius 1 is 0.302 bits per heavy atom. The molecule has 0 saturated heterocycles. The molecule has 0 saturated carbocycles. The summed E-state index contributed by atoms with van der Waals surface area (Å²) in [6, 6.07) is 79.1. The van der Waals surface area contributed by atoms with Gasteiger partial charge in [-0.1, -0.05) is 220 Å². The summed E-state index contributed by atoms with van der Waals surface area (Å²) >= 11 is 0. The topological polar surface area (TPSA) is 25.8 Å². The SMILES string of the molecule is CC1(C)c2ccc(-c3ccc(-c4ccc(-c5cc(-c6ccccc6-c6ccccc6)nc(-c6ccccc6)n5)c5ccccc45)c4ccccc34)cc2-c2c1ccc1ccccc21. The van der Waals surface area contributed by atoms with E-state index in [-0.39, 0.29) is 5.41 Å². The van der Waals surface area contributed by atoms with Crippen LogP contribution in [0, 0.1) is 0 Å².